The van der Waals surface area contributed by atoms with Crippen LogP contribution in [-0.4, -0.2) is 15.0 Å². The second-order valence-electron chi connectivity index (χ2n) is 1.08. The molecule has 3 nitrogen and oxygen atoms in total. The molecule has 8 heavy (non-hydrogen) atoms. The molecule has 0 atom stereocenters. The van der Waals surface area contributed by atoms with Crippen LogP contribution in [0.4, 0.5) is 0 Å². The molecule has 40 valence electrons. The Morgan fingerprint density at radius 3 is 3.00 bits per heavy atom. The summed E-state index contributed by atoms with van der Waals surface area (Å²) in [6.07, 6.45) is 2.25. The summed E-state index contributed by atoms with van der Waals surface area (Å²) in [5.74, 6) is 0.532. The fourth-order valence-electron chi connectivity index (χ4n) is 0.242. The largest absolute Gasteiger partial charge is 0.355 e. The fourth-order valence-corrected chi connectivity index (χ4v) is 0.242. The van der Waals surface area contributed by atoms with Crippen molar-refractivity contribution in [1.29, 1.82) is 0 Å². The Bertz CT molecular complexity index is 176. The van der Waals surface area contributed by atoms with E-state index in [9.17, 15) is 0 Å². The van der Waals surface area contributed by atoms with Crippen molar-refractivity contribution in [2.24, 2.45) is 0 Å². The molecule has 1 rings (SSSR count). The Hall–Kier alpha value is 0.0619. The molecule has 0 saturated carbocycles. The molecule has 1 heterocycles. The topological polar surface area (TPSA) is 38.7 Å². The van der Waals surface area contributed by atoms with Gasteiger partial charge in [0.1, 0.15) is 0 Å². The predicted octanol–water partition coefficient (Wildman–Crippen LogP) is -0.0198. The summed E-state index contributed by atoms with van der Waals surface area (Å²) in [4.78, 5) is 10.5. The van der Waals surface area contributed by atoms with Gasteiger partial charge in [0.25, 0.3) is 0 Å². The van der Waals surface area contributed by atoms with Crippen LogP contribution < -0.4 is 0 Å². The number of rotatable bonds is 0. The first-order valence-electron chi connectivity index (χ1n) is 2.34. The van der Waals surface area contributed by atoms with E-state index in [2.05, 4.69) is 21.3 Å². The first kappa shape index (κ1) is 6.19. The SMILES string of the molecule is [3H]c1n[c-]nc(C)n1.[U]. The van der Waals surface area contributed by atoms with Crippen LogP contribution in [0.1, 0.15) is 7.20 Å². The van der Waals surface area contributed by atoms with Crippen molar-refractivity contribution >= 4 is 0 Å². The molecule has 0 spiro atoms. The van der Waals surface area contributed by atoms with Gasteiger partial charge in [0.05, 0.1) is 0 Å². The van der Waals surface area contributed by atoms with Crippen molar-refractivity contribution < 1.29 is 32.5 Å². The second-order valence-corrected chi connectivity index (χ2v) is 1.08. The van der Waals surface area contributed by atoms with Crippen LogP contribution >= 0.6 is 0 Å². The van der Waals surface area contributed by atoms with Crippen molar-refractivity contribution in [2.75, 3.05) is 0 Å². The molecule has 0 bridgehead atoms. The van der Waals surface area contributed by atoms with E-state index in [1.54, 1.807) is 6.92 Å². The standard InChI is InChI=1S/C4H4N3.U/c1-4-6-2-5-3-7-4;/h2H,1H3;/q-1;/i2T;. The molecule has 0 amide bonds. The minimum Gasteiger partial charge on any atom is -0.355 e. The van der Waals surface area contributed by atoms with Gasteiger partial charge in [-0.2, -0.15) is 0 Å². The van der Waals surface area contributed by atoms with E-state index in [1.807, 2.05) is 0 Å². The molecule has 0 N–H and O–H groups in total. The molecule has 4 heteroatoms. The van der Waals surface area contributed by atoms with Gasteiger partial charge in [0.2, 0.25) is 0 Å². The van der Waals surface area contributed by atoms with Crippen LogP contribution in [0, 0.1) is 44.4 Å². The van der Waals surface area contributed by atoms with Gasteiger partial charge >= 0.3 is 0 Å². The molecule has 0 aliphatic heterocycles. The van der Waals surface area contributed by atoms with Crippen molar-refractivity contribution in [3.05, 3.63) is 18.5 Å². The minimum atomic E-state index is -0.0301. The van der Waals surface area contributed by atoms with Gasteiger partial charge in [0, 0.05) is 50.9 Å². The number of hydrogen-bond acceptors (Lipinski definition) is 3. The Labute approximate surface area is 72.7 Å². The minimum absolute atomic E-state index is 0. The molecule has 0 radical (unpaired) electrons. The molecule has 1 aromatic heterocycles. The third-order valence-electron chi connectivity index (χ3n) is 0.524. The van der Waals surface area contributed by atoms with Gasteiger partial charge < -0.3 is 15.0 Å². The normalized spacial score (nSPS) is 9.38. The molecule has 0 saturated heterocycles. The quantitative estimate of drug-likeness (QED) is 0.626. The van der Waals surface area contributed by atoms with Crippen LogP contribution in [0.15, 0.2) is 6.30 Å². The zero-order valence-corrected chi connectivity index (χ0v) is 8.51. The van der Waals surface area contributed by atoms with Gasteiger partial charge in [-0.05, 0) is 0 Å². The summed E-state index contributed by atoms with van der Waals surface area (Å²) >= 11 is 0. The van der Waals surface area contributed by atoms with E-state index < -0.39 is 0 Å². The third-order valence-corrected chi connectivity index (χ3v) is 0.524. The van der Waals surface area contributed by atoms with E-state index >= 15 is 0 Å². The smallest absolute Gasteiger partial charge is 0.0244 e. The zero-order valence-electron chi connectivity index (χ0n) is 5.34. The van der Waals surface area contributed by atoms with Crippen LogP contribution in [0.25, 0.3) is 0 Å². The van der Waals surface area contributed by atoms with E-state index in [1.165, 1.54) is 0 Å². The predicted molar refractivity (Wildman–Crippen MR) is 23.4 cm³/mol. The monoisotopic (exact) mass is 334 g/mol. The fraction of sp³-hybridized carbons (Fsp3) is 0.250. The van der Waals surface area contributed by atoms with Crippen LogP contribution in [0.3, 0.4) is 0 Å². The molecule has 0 unspecified atom stereocenters. The third kappa shape index (κ3) is 2.39. The average Bonchev–Trinajstić information content (AvgIpc) is 1.64. The van der Waals surface area contributed by atoms with Crippen molar-refractivity contribution in [1.82, 2.24) is 15.0 Å². The van der Waals surface area contributed by atoms with E-state index in [0.717, 1.165) is 0 Å². The molecule has 0 aliphatic rings. The van der Waals surface area contributed by atoms with Gasteiger partial charge in [-0.3, -0.25) is 0 Å². The van der Waals surface area contributed by atoms with E-state index in [0.29, 0.717) is 5.82 Å². The number of aromatic nitrogens is 3. The summed E-state index contributed by atoms with van der Waals surface area (Å²) in [7, 11) is 0. The maximum absolute atomic E-state index is 6.84. The van der Waals surface area contributed by atoms with Crippen molar-refractivity contribution in [2.45, 2.75) is 6.92 Å². The summed E-state index contributed by atoms with van der Waals surface area (Å²) in [5, 5.41) is 0. The summed E-state index contributed by atoms with van der Waals surface area (Å²) < 4.78 is 6.84. The molecule has 0 fully saturated rings. The van der Waals surface area contributed by atoms with Gasteiger partial charge in [-0.25, -0.2) is 0 Å². The average molecular weight is 334 g/mol. The molecule has 1 aromatic rings. The van der Waals surface area contributed by atoms with Crippen LogP contribution in [0.2, 0.25) is 0 Å². The van der Waals surface area contributed by atoms with E-state index in [-0.39, 0.29) is 37.4 Å². The summed E-state index contributed by atoms with van der Waals surface area (Å²) in [6, 6.07) is 0. The summed E-state index contributed by atoms with van der Waals surface area (Å²) in [6.45, 7) is 1.69. The van der Waals surface area contributed by atoms with E-state index in [4.69, 9.17) is 1.37 Å². The molecular weight excluding hydrogens is 328 g/mol. The Morgan fingerprint density at radius 1 is 1.88 bits per heavy atom. The molecule has 0 aromatic carbocycles. The molecule has 0 aliphatic carbocycles. The maximum Gasteiger partial charge on any atom is 0.0244 e. The zero-order chi connectivity index (χ0) is 5.98. The molecular formula is C4H4N3U-. The first-order valence-corrected chi connectivity index (χ1v) is 1.84. The second kappa shape index (κ2) is 3.99. The number of nitrogens with zero attached hydrogens (tertiary/aromatic N) is 3. The Kier molecular flexibility index (Phi) is 3.09. The summed E-state index contributed by atoms with van der Waals surface area (Å²) in [5.41, 5.74) is 0. The number of hydrogen-bond donors (Lipinski definition) is 0. The van der Waals surface area contributed by atoms with Crippen molar-refractivity contribution in [3.8, 4) is 0 Å². The maximum atomic E-state index is 6.84. The van der Waals surface area contributed by atoms with Gasteiger partial charge in [-0.1, -0.05) is 6.92 Å². The van der Waals surface area contributed by atoms with Gasteiger partial charge in [0.15, 0.2) is 0 Å². The first-order chi connectivity index (χ1) is 3.79. The van der Waals surface area contributed by atoms with Crippen molar-refractivity contribution in [3.63, 3.8) is 0 Å². The van der Waals surface area contributed by atoms with Crippen LogP contribution in [0.5, 0.6) is 0 Å². The van der Waals surface area contributed by atoms with Crippen LogP contribution in [-0.2, 0) is 0 Å². The Balaban J connectivity index is 0.000000640. The number of aryl methyl sites for hydroxylation is 1. The Morgan fingerprint density at radius 2 is 2.62 bits per heavy atom. The van der Waals surface area contributed by atoms with Gasteiger partial charge in [-0.15, -0.1) is 0 Å².